The summed E-state index contributed by atoms with van der Waals surface area (Å²) in [4.78, 5) is 4.72. The van der Waals surface area contributed by atoms with Crippen molar-refractivity contribution >= 4 is 7.85 Å². The maximum Gasteiger partial charge on any atom is 0.0811 e. The molecule has 1 aliphatic rings. The van der Waals surface area contributed by atoms with Crippen LogP contribution in [0.5, 0.6) is 0 Å². The lowest BCUT2D eigenvalue weighted by Crippen LogP contribution is -2.35. The van der Waals surface area contributed by atoms with Crippen molar-refractivity contribution < 1.29 is 0 Å². The molecule has 1 aromatic heterocycles. The molecule has 1 aromatic carbocycles. The van der Waals surface area contributed by atoms with Gasteiger partial charge in [-0.2, -0.15) is 0 Å². The van der Waals surface area contributed by atoms with Gasteiger partial charge in [0.25, 0.3) is 0 Å². The third-order valence-electron chi connectivity index (χ3n) is 5.88. The zero-order chi connectivity index (χ0) is 18.3. The lowest BCUT2D eigenvalue weighted by molar-refractivity contribution is 0.206. The first-order valence-corrected chi connectivity index (χ1v) is 9.46. The third-order valence-corrected chi connectivity index (χ3v) is 5.88. The Bertz CT molecular complexity index is 710. The van der Waals surface area contributed by atoms with Gasteiger partial charge in [0.15, 0.2) is 0 Å². The number of rotatable bonds is 2. The van der Waals surface area contributed by atoms with Gasteiger partial charge in [0.1, 0.15) is 0 Å². The number of aromatic nitrogens is 1. The highest BCUT2D eigenvalue weighted by Gasteiger charge is 2.35. The van der Waals surface area contributed by atoms with Crippen LogP contribution in [-0.2, 0) is 10.7 Å². The fraction of sp³-hybridized carbons (Fsp3) is 0.522. The van der Waals surface area contributed by atoms with Crippen molar-refractivity contribution in [1.29, 1.82) is 0 Å². The van der Waals surface area contributed by atoms with Gasteiger partial charge in [-0.1, -0.05) is 77.8 Å². The van der Waals surface area contributed by atoms with Gasteiger partial charge >= 0.3 is 0 Å². The molecule has 1 fully saturated rings. The highest BCUT2D eigenvalue weighted by Crippen LogP contribution is 2.44. The van der Waals surface area contributed by atoms with E-state index in [1.165, 1.54) is 24.0 Å². The fourth-order valence-electron chi connectivity index (χ4n) is 3.66. The van der Waals surface area contributed by atoms with E-state index < -0.39 is 0 Å². The van der Waals surface area contributed by atoms with Crippen LogP contribution in [0.2, 0.25) is 0 Å². The van der Waals surface area contributed by atoms with Gasteiger partial charge in [-0.3, -0.25) is 4.98 Å². The average Bonchev–Trinajstić information content (AvgIpc) is 2.57. The molecule has 0 aliphatic heterocycles. The summed E-state index contributed by atoms with van der Waals surface area (Å²) in [6, 6.07) is 13.1. The number of hydrogen-bond acceptors (Lipinski definition) is 1. The number of nitrogens with zero attached hydrogens (tertiary/aromatic N) is 1. The topological polar surface area (TPSA) is 12.9 Å². The average molecular weight is 331 g/mol. The summed E-state index contributed by atoms with van der Waals surface area (Å²) in [6.07, 6.45) is 6.44. The van der Waals surface area contributed by atoms with E-state index in [1.54, 1.807) is 0 Å². The van der Waals surface area contributed by atoms with Crippen molar-refractivity contribution in [3.8, 4) is 11.3 Å². The Morgan fingerprint density at radius 3 is 1.96 bits per heavy atom. The normalized spacial score (nSPS) is 19.6. The summed E-state index contributed by atoms with van der Waals surface area (Å²) in [5, 5.41) is -0.211. The molecule has 1 saturated carbocycles. The lowest BCUT2D eigenvalue weighted by atomic mass is 9.53. The summed E-state index contributed by atoms with van der Waals surface area (Å²) in [5.41, 5.74) is 5.30. The summed E-state index contributed by atoms with van der Waals surface area (Å²) in [7, 11) is 6.72. The number of hydrogen-bond donors (Lipinski definition) is 0. The summed E-state index contributed by atoms with van der Waals surface area (Å²) in [6.45, 7) is 11.4. The van der Waals surface area contributed by atoms with Gasteiger partial charge in [0.05, 0.1) is 13.5 Å². The van der Waals surface area contributed by atoms with E-state index in [0.29, 0.717) is 5.41 Å². The molecule has 0 spiro atoms. The Morgan fingerprint density at radius 1 is 0.880 bits per heavy atom. The minimum atomic E-state index is -0.211. The van der Waals surface area contributed by atoms with E-state index in [4.69, 9.17) is 12.8 Å². The second-order valence-electron chi connectivity index (χ2n) is 9.58. The molecule has 130 valence electrons. The molecule has 3 rings (SSSR count). The predicted octanol–water partition coefficient (Wildman–Crippen LogP) is 6.01. The Hall–Kier alpha value is -1.57. The van der Waals surface area contributed by atoms with Crippen LogP contribution in [0.25, 0.3) is 11.3 Å². The smallest absolute Gasteiger partial charge is 0.0811 e. The van der Waals surface area contributed by atoms with Gasteiger partial charge in [0.2, 0.25) is 0 Å². The van der Waals surface area contributed by atoms with Gasteiger partial charge < -0.3 is 0 Å². The standard InChI is InChI=1S/C23H30BN/c1-21(2,3)18-8-6-17(7-9-18)20-11-10-19(16-25-20)23(24)14-12-22(4,5)13-15-23/h6-11,16H,12-15H2,1-5H3. The van der Waals surface area contributed by atoms with Crippen LogP contribution in [0.15, 0.2) is 42.6 Å². The van der Waals surface area contributed by atoms with Gasteiger partial charge in [-0.15, -0.1) is 0 Å². The Balaban J connectivity index is 1.79. The molecule has 1 aliphatic carbocycles. The number of pyridine rings is 1. The SMILES string of the molecule is [B]C1(c2ccc(-c3ccc(C(C)(C)C)cc3)nc2)CCC(C)(C)CC1. The molecule has 0 N–H and O–H groups in total. The molecule has 0 amide bonds. The van der Waals surface area contributed by atoms with E-state index in [-0.39, 0.29) is 10.7 Å². The highest BCUT2D eigenvalue weighted by molar-refractivity contribution is 6.16. The fourth-order valence-corrected chi connectivity index (χ4v) is 3.66. The van der Waals surface area contributed by atoms with Crippen LogP contribution < -0.4 is 0 Å². The molecule has 1 heterocycles. The van der Waals surface area contributed by atoms with E-state index in [1.807, 2.05) is 6.20 Å². The molecule has 0 atom stereocenters. The first kappa shape index (κ1) is 18.2. The zero-order valence-electron chi connectivity index (χ0n) is 16.4. The summed E-state index contributed by atoms with van der Waals surface area (Å²) < 4.78 is 0. The van der Waals surface area contributed by atoms with Gasteiger partial charge in [-0.05, 0) is 46.2 Å². The lowest BCUT2D eigenvalue weighted by Gasteiger charge is -2.42. The molecule has 2 heteroatoms. The molecule has 2 radical (unpaired) electrons. The first-order chi connectivity index (χ1) is 11.6. The highest BCUT2D eigenvalue weighted by atomic mass is 14.7. The minimum absolute atomic E-state index is 0.177. The van der Waals surface area contributed by atoms with Crippen molar-refractivity contribution in [3.05, 3.63) is 53.7 Å². The van der Waals surface area contributed by atoms with Crippen LogP contribution in [0.1, 0.15) is 71.4 Å². The molecular weight excluding hydrogens is 301 g/mol. The monoisotopic (exact) mass is 331 g/mol. The Morgan fingerprint density at radius 2 is 1.48 bits per heavy atom. The Kier molecular flexibility index (Phi) is 4.60. The molecule has 1 nitrogen and oxygen atoms in total. The second kappa shape index (κ2) is 6.30. The van der Waals surface area contributed by atoms with Crippen molar-refractivity contribution in [2.24, 2.45) is 5.41 Å². The Labute approximate surface area is 154 Å². The second-order valence-corrected chi connectivity index (χ2v) is 9.58. The minimum Gasteiger partial charge on any atom is -0.256 e. The van der Waals surface area contributed by atoms with Crippen molar-refractivity contribution in [2.45, 2.75) is 71.0 Å². The largest absolute Gasteiger partial charge is 0.256 e. The molecular formula is C23H30BN. The molecule has 0 bridgehead atoms. The van der Waals surface area contributed by atoms with Crippen LogP contribution >= 0.6 is 0 Å². The van der Waals surface area contributed by atoms with E-state index >= 15 is 0 Å². The maximum absolute atomic E-state index is 6.72. The van der Waals surface area contributed by atoms with Crippen LogP contribution in [-0.4, -0.2) is 12.8 Å². The maximum atomic E-state index is 6.72. The van der Waals surface area contributed by atoms with Crippen LogP contribution in [0, 0.1) is 5.41 Å². The van der Waals surface area contributed by atoms with Crippen molar-refractivity contribution in [3.63, 3.8) is 0 Å². The van der Waals surface area contributed by atoms with Crippen LogP contribution in [0.3, 0.4) is 0 Å². The van der Waals surface area contributed by atoms with Crippen LogP contribution in [0.4, 0.5) is 0 Å². The van der Waals surface area contributed by atoms with E-state index in [9.17, 15) is 0 Å². The molecule has 0 saturated heterocycles. The first-order valence-electron chi connectivity index (χ1n) is 9.46. The quantitative estimate of drug-likeness (QED) is 0.614. The summed E-state index contributed by atoms with van der Waals surface area (Å²) in [5.74, 6) is 0. The third kappa shape index (κ3) is 3.99. The molecule has 0 unspecified atom stereocenters. The van der Waals surface area contributed by atoms with Gasteiger partial charge in [0, 0.05) is 11.8 Å². The molecule has 25 heavy (non-hydrogen) atoms. The summed E-state index contributed by atoms with van der Waals surface area (Å²) >= 11 is 0. The van der Waals surface area contributed by atoms with E-state index in [0.717, 1.165) is 24.1 Å². The van der Waals surface area contributed by atoms with Crippen molar-refractivity contribution in [1.82, 2.24) is 4.98 Å². The van der Waals surface area contributed by atoms with Gasteiger partial charge in [-0.25, -0.2) is 0 Å². The predicted molar refractivity (Wildman–Crippen MR) is 108 cm³/mol. The molecule has 2 aromatic rings. The number of benzene rings is 1. The zero-order valence-corrected chi connectivity index (χ0v) is 16.4. The van der Waals surface area contributed by atoms with E-state index in [2.05, 4.69) is 71.0 Å². The van der Waals surface area contributed by atoms with Crippen molar-refractivity contribution in [2.75, 3.05) is 0 Å².